The summed E-state index contributed by atoms with van der Waals surface area (Å²) in [6, 6.07) is 12.2. The quantitative estimate of drug-likeness (QED) is 0.698. The zero-order chi connectivity index (χ0) is 15.5. The molecule has 1 aromatic heterocycles. The van der Waals surface area contributed by atoms with Crippen LogP contribution in [0.25, 0.3) is 10.2 Å². The monoisotopic (exact) mass is 332 g/mol. The number of thiazole rings is 1. The number of amides is 1. The van der Waals surface area contributed by atoms with Crippen molar-refractivity contribution in [3.05, 3.63) is 53.8 Å². The number of rotatable bonds is 4. The number of nitrogens with zero attached hydrogens (tertiary/aromatic N) is 1. The Hall–Kier alpha value is -1.92. The van der Waals surface area contributed by atoms with E-state index in [1.165, 1.54) is 17.4 Å². The van der Waals surface area contributed by atoms with Gasteiger partial charge in [-0.05, 0) is 36.1 Å². The summed E-state index contributed by atoms with van der Waals surface area (Å²) >= 11 is 2.94. The Morgan fingerprint density at radius 1 is 1.32 bits per heavy atom. The third-order valence-corrected chi connectivity index (χ3v) is 4.81. The zero-order valence-electron chi connectivity index (χ0n) is 11.8. The molecule has 0 aliphatic rings. The highest BCUT2D eigenvalue weighted by molar-refractivity contribution is 7.99. The lowest BCUT2D eigenvalue weighted by atomic mass is 10.2. The van der Waals surface area contributed by atoms with E-state index >= 15 is 0 Å². The number of anilines is 1. The van der Waals surface area contributed by atoms with Crippen molar-refractivity contribution in [2.75, 3.05) is 11.1 Å². The number of carbonyl (C=O) groups excluding carboxylic acids is 1. The fourth-order valence-corrected chi connectivity index (χ4v) is 3.63. The van der Waals surface area contributed by atoms with Crippen LogP contribution in [0.5, 0.6) is 0 Å². The summed E-state index contributed by atoms with van der Waals surface area (Å²) in [5, 5.41) is 3.14. The van der Waals surface area contributed by atoms with Crippen LogP contribution in [0.15, 0.2) is 47.4 Å². The fraction of sp³-hybridized carbons (Fsp3) is 0.125. The molecule has 6 heteroatoms. The number of hydrogen-bond acceptors (Lipinski definition) is 4. The van der Waals surface area contributed by atoms with Crippen LogP contribution in [-0.4, -0.2) is 16.6 Å². The Morgan fingerprint density at radius 3 is 2.91 bits per heavy atom. The molecule has 22 heavy (non-hydrogen) atoms. The van der Waals surface area contributed by atoms with E-state index in [9.17, 15) is 9.18 Å². The molecule has 0 atom stereocenters. The lowest BCUT2D eigenvalue weighted by molar-refractivity contribution is 0.102. The molecule has 0 aliphatic carbocycles. The molecule has 3 nitrogen and oxygen atoms in total. The molecule has 0 unspecified atom stereocenters. The molecule has 1 heterocycles. The summed E-state index contributed by atoms with van der Waals surface area (Å²) in [6.07, 6.45) is 0. The van der Waals surface area contributed by atoms with Crippen molar-refractivity contribution in [1.29, 1.82) is 0 Å². The molecule has 0 saturated carbocycles. The van der Waals surface area contributed by atoms with E-state index in [4.69, 9.17) is 0 Å². The van der Waals surface area contributed by atoms with Gasteiger partial charge >= 0.3 is 0 Å². The molecular weight excluding hydrogens is 319 g/mol. The maximum atomic E-state index is 13.6. The van der Waals surface area contributed by atoms with E-state index in [1.807, 2.05) is 18.2 Å². The van der Waals surface area contributed by atoms with Crippen molar-refractivity contribution in [3.8, 4) is 0 Å². The number of benzene rings is 2. The van der Waals surface area contributed by atoms with Gasteiger partial charge in [-0.25, -0.2) is 9.37 Å². The second-order valence-corrected chi connectivity index (χ2v) is 6.89. The van der Waals surface area contributed by atoms with Crippen LogP contribution in [0.2, 0.25) is 0 Å². The molecule has 1 amide bonds. The predicted molar refractivity (Wildman–Crippen MR) is 90.4 cm³/mol. The Bertz CT molecular complexity index is 832. The van der Waals surface area contributed by atoms with Crippen LogP contribution in [0, 0.1) is 5.82 Å². The molecule has 0 aliphatic heterocycles. The van der Waals surface area contributed by atoms with Gasteiger partial charge in [0.05, 0.1) is 4.70 Å². The Morgan fingerprint density at radius 2 is 2.14 bits per heavy atom. The second kappa shape index (κ2) is 6.46. The molecule has 0 saturated heterocycles. The standard InChI is InChI=1S/C16H13FN2OS2/c1-2-21-11-6-3-5-10(9-11)15(20)19-16-18-14-12(17)7-4-8-13(14)22-16/h3-9H,2H2,1H3,(H,18,19,20). The van der Waals surface area contributed by atoms with E-state index in [2.05, 4.69) is 17.2 Å². The number of nitrogens with one attached hydrogen (secondary N) is 1. The van der Waals surface area contributed by atoms with Gasteiger partial charge in [0.25, 0.3) is 5.91 Å². The van der Waals surface area contributed by atoms with Gasteiger partial charge in [-0.2, -0.15) is 0 Å². The highest BCUT2D eigenvalue weighted by Gasteiger charge is 2.12. The highest BCUT2D eigenvalue weighted by atomic mass is 32.2. The topological polar surface area (TPSA) is 42.0 Å². The van der Waals surface area contributed by atoms with Crippen molar-refractivity contribution in [1.82, 2.24) is 4.98 Å². The first-order chi connectivity index (χ1) is 10.7. The maximum absolute atomic E-state index is 13.6. The molecule has 112 valence electrons. The van der Waals surface area contributed by atoms with Gasteiger partial charge in [-0.15, -0.1) is 11.8 Å². The minimum atomic E-state index is -0.379. The predicted octanol–water partition coefficient (Wildman–Crippen LogP) is 4.80. The van der Waals surface area contributed by atoms with Crippen molar-refractivity contribution in [2.24, 2.45) is 0 Å². The Kier molecular flexibility index (Phi) is 4.40. The van der Waals surface area contributed by atoms with Crippen molar-refractivity contribution < 1.29 is 9.18 Å². The van der Waals surface area contributed by atoms with E-state index in [0.717, 1.165) is 10.6 Å². The van der Waals surface area contributed by atoms with Crippen LogP contribution >= 0.6 is 23.1 Å². The fourth-order valence-electron chi connectivity index (χ4n) is 2.03. The Labute approximate surface area is 135 Å². The smallest absolute Gasteiger partial charge is 0.257 e. The summed E-state index contributed by atoms with van der Waals surface area (Å²) in [5.41, 5.74) is 0.858. The van der Waals surface area contributed by atoms with Gasteiger partial charge in [-0.1, -0.05) is 30.4 Å². The average molecular weight is 332 g/mol. The van der Waals surface area contributed by atoms with E-state index in [-0.39, 0.29) is 17.2 Å². The largest absolute Gasteiger partial charge is 0.298 e. The van der Waals surface area contributed by atoms with Crippen LogP contribution in [0.1, 0.15) is 17.3 Å². The molecule has 0 spiro atoms. The molecule has 0 fully saturated rings. The minimum absolute atomic E-state index is 0.238. The molecule has 3 rings (SSSR count). The summed E-state index contributed by atoms with van der Waals surface area (Å²) < 4.78 is 14.3. The second-order valence-electron chi connectivity index (χ2n) is 4.52. The van der Waals surface area contributed by atoms with Crippen LogP contribution < -0.4 is 5.32 Å². The Balaban J connectivity index is 1.83. The highest BCUT2D eigenvalue weighted by Crippen LogP contribution is 2.28. The molecule has 3 aromatic rings. The summed E-state index contributed by atoms with van der Waals surface area (Å²) in [7, 11) is 0. The lowest BCUT2D eigenvalue weighted by Gasteiger charge is -2.04. The molecule has 1 N–H and O–H groups in total. The molecule has 2 aromatic carbocycles. The first-order valence-corrected chi connectivity index (χ1v) is 8.57. The number of thioether (sulfide) groups is 1. The zero-order valence-corrected chi connectivity index (χ0v) is 13.4. The van der Waals surface area contributed by atoms with Crippen molar-refractivity contribution in [2.45, 2.75) is 11.8 Å². The van der Waals surface area contributed by atoms with Crippen molar-refractivity contribution in [3.63, 3.8) is 0 Å². The first-order valence-electron chi connectivity index (χ1n) is 6.76. The normalized spacial score (nSPS) is 10.8. The lowest BCUT2D eigenvalue weighted by Crippen LogP contribution is -2.11. The summed E-state index contributed by atoms with van der Waals surface area (Å²) in [5.74, 6) is 0.330. The minimum Gasteiger partial charge on any atom is -0.298 e. The number of para-hydroxylation sites is 1. The number of fused-ring (bicyclic) bond motifs is 1. The number of aromatic nitrogens is 1. The van der Waals surface area contributed by atoms with Gasteiger partial charge in [0.15, 0.2) is 5.13 Å². The third-order valence-electron chi connectivity index (χ3n) is 3.00. The number of hydrogen-bond donors (Lipinski definition) is 1. The number of carbonyl (C=O) groups is 1. The van der Waals surface area contributed by atoms with Gasteiger partial charge < -0.3 is 0 Å². The third kappa shape index (κ3) is 3.13. The molecule has 0 radical (unpaired) electrons. The van der Waals surface area contributed by atoms with Gasteiger partial charge in [-0.3, -0.25) is 10.1 Å². The van der Waals surface area contributed by atoms with Gasteiger partial charge in [0.1, 0.15) is 11.3 Å². The van der Waals surface area contributed by atoms with Crippen LogP contribution in [-0.2, 0) is 0 Å². The van der Waals surface area contributed by atoms with Crippen LogP contribution in [0.3, 0.4) is 0 Å². The van der Waals surface area contributed by atoms with E-state index in [0.29, 0.717) is 15.4 Å². The number of halogens is 1. The molecular formula is C16H13FN2OS2. The first kappa shape index (κ1) is 15.0. The van der Waals surface area contributed by atoms with Crippen LogP contribution in [0.4, 0.5) is 9.52 Å². The summed E-state index contributed by atoms with van der Waals surface area (Å²) in [4.78, 5) is 17.5. The summed E-state index contributed by atoms with van der Waals surface area (Å²) in [6.45, 7) is 2.06. The van der Waals surface area contributed by atoms with Gasteiger partial charge in [0.2, 0.25) is 0 Å². The maximum Gasteiger partial charge on any atom is 0.257 e. The van der Waals surface area contributed by atoms with E-state index < -0.39 is 0 Å². The SMILES string of the molecule is CCSc1cccc(C(=O)Nc2nc3c(F)cccc3s2)c1. The molecule has 0 bridgehead atoms. The van der Waals surface area contributed by atoms with E-state index in [1.54, 1.807) is 30.0 Å². The van der Waals surface area contributed by atoms with Gasteiger partial charge in [0, 0.05) is 10.5 Å². The average Bonchev–Trinajstić information content (AvgIpc) is 2.92. The van der Waals surface area contributed by atoms with Crippen molar-refractivity contribution >= 4 is 44.4 Å².